The fourth-order valence-electron chi connectivity index (χ4n) is 2.34. The first-order valence-corrected chi connectivity index (χ1v) is 8.00. The number of pyridine rings is 1. The number of aromatic nitrogens is 1. The van der Waals surface area contributed by atoms with Gasteiger partial charge in [-0.25, -0.2) is 13.1 Å². The first-order valence-electron chi connectivity index (χ1n) is 6.11. The molecule has 100 valence electrons. The van der Waals surface area contributed by atoms with Crippen LogP contribution in [0.2, 0.25) is 0 Å². The third-order valence-corrected chi connectivity index (χ3v) is 3.80. The minimum Gasteiger partial charge on any atom is -0.297 e. The van der Waals surface area contributed by atoms with Crippen molar-refractivity contribution in [3.63, 3.8) is 0 Å². The lowest BCUT2D eigenvalue weighted by molar-refractivity contribution is 0.194. The monoisotopic (exact) mass is 269 g/mol. The summed E-state index contributed by atoms with van der Waals surface area (Å²) in [5, 5.41) is 0. The van der Waals surface area contributed by atoms with Crippen LogP contribution >= 0.6 is 0 Å². The van der Waals surface area contributed by atoms with E-state index in [9.17, 15) is 8.42 Å². The summed E-state index contributed by atoms with van der Waals surface area (Å²) in [4.78, 5) is 6.27. The third kappa shape index (κ3) is 4.36. The molecule has 18 heavy (non-hydrogen) atoms. The first kappa shape index (κ1) is 13.5. The minimum absolute atomic E-state index is 0.0376. The molecule has 0 aromatic carbocycles. The van der Waals surface area contributed by atoms with E-state index in [1.165, 1.54) is 11.8 Å². The predicted molar refractivity (Wildman–Crippen MR) is 70.5 cm³/mol. The number of rotatable bonds is 4. The lowest BCUT2D eigenvalue weighted by atomic mass is 10.1. The Labute approximate surface area is 108 Å². The summed E-state index contributed by atoms with van der Waals surface area (Å²) in [5.74, 6) is 0. The Morgan fingerprint density at radius 1 is 1.44 bits per heavy atom. The van der Waals surface area contributed by atoms with Gasteiger partial charge in [-0.15, -0.1) is 0 Å². The van der Waals surface area contributed by atoms with Crippen LogP contribution in [0.1, 0.15) is 18.4 Å². The van der Waals surface area contributed by atoms with E-state index in [0.717, 1.165) is 32.5 Å². The molecule has 5 nitrogen and oxygen atoms in total. The summed E-state index contributed by atoms with van der Waals surface area (Å²) >= 11 is 0. The average Bonchev–Trinajstić information content (AvgIpc) is 2.28. The van der Waals surface area contributed by atoms with E-state index in [0.29, 0.717) is 0 Å². The van der Waals surface area contributed by atoms with Gasteiger partial charge in [0.1, 0.15) is 0 Å². The molecule has 0 spiro atoms. The summed E-state index contributed by atoms with van der Waals surface area (Å²) in [6.07, 6.45) is 6.73. The van der Waals surface area contributed by atoms with Crippen LogP contribution in [-0.4, -0.2) is 43.7 Å². The maximum absolute atomic E-state index is 11.2. The van der Waals surface area contributed by atoms with E-state index in [1.807, 2.05) is 12.1 Å². The first-order chi connectivity index (χ1) is 8.53. The Balaban J connectivity index is 1.91. The van der Waals surface area contributed by atoms with Crippen molar-refractivity contribution in [3.8, 4) is 0 Å². The van der Waals surface area contributed by atoms with Gasteiger partial charge in [0.25, 0.3) is 0 Å². The molecule has 1 saturated heterocycles. The average molecular weight is 269 g/mol. The van der Waals surface area contributed by atoms with E-state index >= 15 is 0 Å². The zero-order valence-electron chi connectivity index (χ0n) is 10.5. The fraction of sp³-hybridized carbons (Fsp3) is 0.583. The number of hydrogen-bond acceptors (Lipinski definition) is 4. The van der Waals surface area contributed by atoms with E-state index in [4.69, 9.17) is 0 Å². The summed E-state index contributed by atoms with van der Waals surface area (Å²) in [6.45, 7) is 2.64. The second kappa shape index (κ2) is 5.77. The number of sulfonamides is 1. The lowest BCUT2D eigenvalue weighted by Gasteiger charge is -2.32. The maximum atomic E-state index is 11.2. The molecular formula is C12H19N3O2S. The Morgan fingerprint density at radius 3 is 2.83 bits per heavy atom. The molecule has 2 rings (SSSR count). The quantitative estimate of drug-likeness (QED) is 0.869. The topological polar surface area (TPSA) is 62.3 Å². The molecule has 0 saturated carbocycles. The zero-order valence-corrected chi connectivity index (χ0v) is 11.4. The minimum atomic E-state index is -3.11. The number of nitrogens with zero attached hydrogens (tertiary/aromatic N) is 2. The van der Waals surface area contributed by atoms with Crippen molar-refractivity contribution >= 4 is 10.0 Å². The predicted octanol–water partition coefficient (Wildman–Crippen LogP) is 0.595. The molecule has 0 bridgehead atoms. The van der Waals surface area contributed by atoms with Crippen molar-refractivity contribution in [2.45, 2.75) is 25.4 Å². The van der Waals surface area contributed by atoms with Crippen molar-refractivity contribution < 1.29 is 8.42 Å². The normalized spacial score (nSPS) is 21.9. The van der Waals surface area contributed by atoms with Crippen LogP contribution in [0.3, 0.4) is 0 Å². The van der Waals surface area contributed by atoms with Crippen LogP contribution in [0.25, 0.3) is 0 Å². The molecule has 0 radical (unpaired) electrons. The molecule has 1 aliphatic rings. The van der Waals surface area contributed by atoms with Crippen LogP contribution in [0.5, 0.6) is 0 Å². The van der Waals surface area contributed by atoms with Crippen molar-refractivity contribution in [2.75, 3.05) is 19.3 Å². The third-order valence-electron chi connectivity index (χ3n) is 3.04. The van der Waals surface area contributed by atoms with Gasteiger partial charge in [-0.3, -0.25) is 9.88 Å². The fourth-order valence-corrected chi connectivity index (χ4v) is 3.14. The largest absolute Gasteiger partial charge is 0.297 e. The van der Waals surface area contributed by atoms with Crippen LogP contribution in [0, 0.1) is 0 Å². The van der Waals surface area contributed by atoms with Crippen LogP contribution in [0.15, 0.2) is 24.5 Å². The van der Waals surface area contributed by atoms with E-state index in [1.54, 1.807) is 12.4 Å². The maximum Gasteiger partial charge on any atom is 0.208 e. The molecule has 1 atom stereocenters. The van der Waals surface area contributed by atoms with Gasteiger partial charge < -0.3 is 0 Å². The summed E-state index contributed by atoms with van der Waals surface area (Å²) in [7, 11) is -3.11. The van der Waals surface area contributed by atoms with Gasteiger partial charge in [0.05, 0.1) is 6.26 Å². The SMILES string of the molecule is CS(=O)(=O)NC1CCCN(Cc2ccncc2)C1. The molecule has 1 aromatic heterocycles. The van der Waals surface area contributed by atoms with Gasteiger partial charge >= 0.3 is 0 Å². The van der Waals surface area contributed by atoms with Crippen molar-refractivity contribution in [1.29, 1.82) is 0 Å². The second-order valence-corrected chi connectivity index (χ2v) is 6.60. The smallest absolute Gasteiger partial charge is 0.208 e. The zero-order chi connectivity index (χ0) is 13.0. The van der Waals surface area contributed by atoms with E-state index < -0.39 is 10.0 Å². The van der Waals surface area contributed by atoms with Crippen molar-refractivity contribution in [2.24, 2.45) is 0 Å². The molecule has 0 aliphatic carbocycles. The van der Waals surface area contributed by atoms with Gasteiger partial charge in [0.15, 0.2) is 0 Å². The molecular weight excluding hydrogens is 250 g/mol. The Hall–Kier alpha value is -0.980. The molecule has 1 fully saturated rings. The number of nitrogens with one attached hydrogen (secondary N) is 1. The van der Waals surface area contributed by atoms with E-state index in [2.05, 4.69) is 14.6 Å². The molecule has 1 aromatic rings. The highest BCUT2D eigenvalue weighted by Crippen LogP contribution is 2.13. The Morgan fingerprint density at radius 2 is 2.17 bits per heavy atom. The standard InChI is InChI=1S/C12H19N3O2S/c1-18(16,17)14-12-3-2-8-15(10-12)9-11-4-6-13-7-5-11/h4-7,12,14H,2-3,8-10H2,1H3. The number of likely N-dealkylation sites (tertiary alicyclic amines) is 1. The van der Waals surface area contributed by atoms with Crippen LogP contribution in [-0.2, 0) is 16.6 Å². The van der Waals surface area contributed by atoms with Gasteiger partial charge in [-0.1, -0.05) is 0 Å². The highest BCUT2D eigenvalue weighted by Gasteiger charge is 2.22. The highest BCUT2D eigenvalue weighted by molar-refractivity contribution is 7.88. The van der Waals surface area contributed by atoms with Crippen LogP contribution < -0.4 is 4.72 Å². The number of hydrogen-bond donors (Lipinski definition) is 1. The van der Waals surface area contributed by atoms with Crippen molar-refractivity contribution in [3.05, 3.63) is 30.1 Å². The van der Waals surface area contributed by atoms with E-state index in [-0.39, 0.29) is 6.04 Å². The van der Waals surface area contributed by atoms with Gasteiger partial charge in [0, 0.05) is 31.5 Å². The van der Waals surface area contributed by atoms with Crippen molar-refractivity contribution in [1.82, 2.24) is 14.6 Å². The second-order valence-electron chi connectivity index (χ2n) is 4.82. The molecule has 2 heterocycles. The summed E-state index contributed by atoms with van der Waals surface area (Å²) < 4.78 is 25.1. The summed E-state index contributed by atoms with van der Waals surface area (Å²) in [5.41, 5.74) is 1.21. The van der Waals surface area contributed by atoms with Crippen LogP contribution in [0.4, 0.5) is 0 Å². The molecule has 0 amide bonds. The molecule has 6 heteroatoms. The highest BCUT2D eigenvalue weighted by atomic mass is 32.2. The van der Waals surface area contributed by atoms with Gasteiger partial charge in [-0.05, 0) is 37.1 Å². The Bertz CT molecular complexity index is 475. The molecule has 1 N–H and O–H groups in total. The molecule has 1 aliphatic heterocycles. The summed E-state index contributed by atoms with van der Waals surface area (Å²) in [6, 6.07) is 4.02. The Kier molecular flexibility index (Phi) is 4.31. The molecule has 1 unspecified atom stereocenters. The number of piperidine rings is 1. The lowest BCUT2D eigenvalue weighted by Crippen LogP contribution is -2.46. The van der Waals surface area contributed by atoms with Gasteiger partial charge in [-0.2, -0.15) is 0 Å². The van der Waals surface area contributed by atoms with Gasteiger partial charge in [0.2, 0.25) is 10.0 Å².